The van der Waals surface area contributed by atoms with Crippen LogP contribution in [0.4, 0.5) is 10.1 Å². The third kappa shape index (κ3) is 2.62. The molecule has 1 N–H and O–H groups in total. The van der Waals surface area contributed by atoms with Gasteiger partial charge in [0.1, 0.15) is 11.6 Å². The van der Waals surface area contributed by atoms with E-state index >= 15 is 0 Å². The van der Waals surface area contributed by atoms with Crippen molar-refractivity contribution in [3.8, 4) is 5.75 Å². The molecule has 0 amide bonds. The molecule has 0 heterocycles. The molecule has 1 unspecified atom stereocenters. The molecule has 1 aromatic rings. The lowest BCUT2D eigenvalue weighted by atomic mass is 10.2. The molecule has 0 saturated carbocycles. The summed E-state index contributed by atoms with van der Waals surface area (Å²) >= 11 is 0. The summed E-state index contributed by atoms with van der Waals surface area (Å²) in [6.45, 7) is 4.12. The van der Waals surface area contributed by atoms with E-state index in [0.29, 0.717) is 17.5 Å². The molecular weight excluding hydrogens is 181 g/mol. The highest BCUT2D eigenvalue weighted by Crippen LogP contribution is 2.25. The number of nitrogens with one attached hydrogen (secondary N) is 1. The average Bonchev–Trinajstić information content (AvgIpc) is 2.18. The lowest BCUT2D eigenvalue weighted by molar-refractivity contribution is 0.415. The van der Waals surface area contributed by atoms with Crippen LogP contribution >= 0.6 is 0 Å². The van der Waals surface area contributed by atoms with Crippen LogP contribution in [0.25, 0.3) is 0 Å². The van der Waals surface area contributed by atoms with E-state index in [1.807, 2.05) is 6.92 Å². The van der Waals surface area contributed by atoms with Crippen molar-refractivity contribution >= 4 is 5.69 Å². The summed E-state index contributed by atoms with van der Waals surface area (Å²) in [5, 5.41) is 3.19. The molecule has 0 fully saturated rings. The quantitative estimate of drug-likeness (QED) is 0.801. The summed E-state index contributed by atoms with van der Waals surface area (Å²) in [5.41, 5.74) is 0.710. The van der Waals surface area contributed by atoms with E-state index in [-0.39, 0.29) is 5.82 Å². The number of ether oxygens (including phenoxy) is 1. The minimum absolute atomic E-state index is 0.253. The molecule has 78 valence electrons. The van der Waals surface area contributed by atoms with Crippen molar-refractivity contribution in [1.29, 1.82) is 0 Å². The van der Waals surface area contributed by atoms with E-state index < -0.39 is 0 Å². The van der Waals surface area contributed by atoms with Crippen molar-refractivity contribution in [2.75, 3.05) is 12.4 Å². The van der Waals surface area contributed by atoms with Crippen LogP contribution in [0.3, 0.4) is 0 Å². The maximum Gasteiger partial charge on any atom is 0.142 e. The second-order valence-corrected chi connectivity index (χ2v) is 3.30. The zero-order chi connectivity index (χ0) is 10.6. The van der Waals surface area contributed by atoms with Crippen molar-refractivity contribution in [3.05, 3.63) is 24.0 Å². The first-order valence-electron chi connectivity index (χ1n) is 4.77. The summed E-state index contributed by atoms with van der Waals surface area (Å²) in [6, 6.07) is 4.77. The largest absolute Gasteiger partial charge is 0.495 e. The number of halogens is 1. The second kappa shape index (κ2) is 4.84. The minimum Gasteiger partial charge on any atom is -0.495 e. The average molecular weight is 197 g/mol. The lowest BCUT2D eigenvalue weighted by Gasteiger charge is -2.15. The molecule has 0 bridgehead atoms. The molecule has 1 aromatic carbocycles. The Kier molecular flexibility index (Phi) is 3.74. The van der Waals surface area contributed by atoms with E-state index in [1.165, 1.54) is 12.1 Å². The molecular formula is C11H16FNO. The number of rotatable bonds is 4. The lowest BCUT2D eigenvalue weighted by Crippen LogP contribution is -2.14. The fourth-order valence-electron chi connectivity index (χ4n) is 1.16. The topological polar surface area (TPSA) is 21.3 Å². The van der Waals surface area contributed by atoms with Gasteiger partial charge in [-0.25, -0.2) is 4.39 Å². The Morgan fingerprint density at radius 3 is 2.79 bits per heavy atom. The number of anilines is 1. The maximum absolute atomic E-state index is 12.9. The van der Waals surface area contributed by atoms with Gasteiger partial charge in [-0.2, -0.15) is 0 Å². The Hall–Kier alpha value is -1.25. The summed E-state index contributed by atoms with van der Waals surface area (Å²) in [7, 11) is 1.58. The Morgan fingerprint density at radius 1 is 1.50 bits per heavy atom. The third-order valence-electron chi connectivity index (χ3n) is 2.18. The van der Waals surface area contributed by atoms with Crippen LogP contribution in [-0.2, 0) is 0 Å². The van der Waals surface area contributed by atoms with Crippen LogP contribution in [0.5, 0.6) is 5.75 Å². The van der Waals surface area contributed by atoms with Crippen molar-refractivity contribution in [3.63, 3.8) is 0 Å². The molecule has 0 spiro atoms. The second-order valence-electron chi connectivity index (χ2n) is 3.30. The van der Waals surface area contributed by atoms with Crippen LogP contribution in [0.15, 0.2) is 18.2 Å². The molecule has 3 heteroatoms. The maximum atomic E-state index is 12.9. The summed E-state index contributed by atoms with van der Waals surface area (Å²) < 4.78 is 18.1. The minimum atomic E-state index is -0.253. The Balaban J connectivity index is 2.87. The fourth-order valence-corrected chi connectivity index (χ4v) is 1.16. The van der Waals surface area contributed by atoms with E-state index in [2.05, 4.69) is 12.2 Å². The van der Waals surface area contributed by atoms with Crippen LogP contribution in [-0.4, -0.2) is 13.2 Å². The molecule has 0 radical (unpaired) electrons. The zero-order valence-corrected chi connectivity index (χ0v) is 8.80. The van der Waals surface area contributed by atoms with Gasteiger partial charge < -0.3 is 10.1 Å². The first-order valence-corrected chi connectivity index (χ1v) is 4.77. The number of benzene rings is 1. The van der Waals surface area contributed by atoms with Crippen molar-refractivity contribution in [2.24, 2.45) is 0 Å². The van der Waals surface area contributed by atoms with Gasteiger partial charge in [-0.15, -0.1) is 0 Å². The highest BCUT2D eigenvalue weighted by Gasteiger charge is 2.06. The van der Waals surface area contributed by atoms with E-state index in [9.17, 15) is 4.39 Å². The molecule has 0 aliphatic carbocycles. The van der Waals surface area contributed by atoms with Crippen LogP contribution in [0.2, 0.25) is 0 Å². The molecule has 0 aliphatic rings. The Morgan fingerprint density at radius 2 is 2.21 bits per heavy atom. The highest BCUT2D eigenvalue weighted by molar-refractivity contribution is 5.56. The van der Waals surface area contributed by atoms with Gasteiger partial charge >= 0.3 is 0 Å². The fraction of sp³-hybridized carbons (Fsp3) is 0.455. The van der Waals surface area contributed by atoms with Gasteiger partial charge in [0.15, 0.2) is 0 Å². The Labute approximate surface area is 84.1 Å². The molecule has 0 saturated heterocycles. The van der Waals surface area contributed by atoms with Gasteiger partial charge in [0.2, 0.25) is 0 Å². The van der Waals surface area contributed by atoms with E-state index in [0.717, 1.165) is 6.42 Å². The first kappa shape index (κ1) is 10.8. The van der Waals surface area contributed by atoms with E-state index in [4.69, 9.17) is 4.74 Å². The van der Waals surface area contributed by atoms with Crippen LogP contribution in [0.1, 0.15) is 20.3 Å². The molecule has 2 nitrogen and oxygen atoms in total. The molecule has 0 aromatic heterocycles. The van der Waals surface area contributed by atoms with Crippen LogP contribution in [0, 0.1) is 5.82 Å². The van der Waals surface area contributed by atoms with Gasteiger partial charge in [0, 0.05) is 12.1 Å². The summed E-state index contributed by atoms with van der Waals surface area (Å²) in [4.78, 5) is 0. The predicted octanol–water partition coefficient (Wildman–Crippen LogP) is 3.04. The molecule has 0 aliphatic heterocycles. The SMILES string of the molecule is CCC(C)Nc1cc(F)ccc1OC. The summed E-state index contributed by atoms with van der Waals surface area (Å²) in [5.74, 6) is 0.420. The van der Waals surface area contributed by atoms with Crippen LogP contribution < -0.4 is 10.1 Å². The van der Waals surface area contributed by atoms with E-state index in [1.54, 1.807) is 13.2 Å². The van der Waals surface area contributed by atoms with Crippen molar-refractivity contribution < 1.29 is 9.13 Å². The molecule has 1 atom stereocenters. The number of hydrogen-bond acceptors (Lipinski definition) is 2. The highest BCUT2D eigenvalue weighted by atomic mass is 19.1. The molecule has 14 heavy (non-hydrogen) atoms. The normalized spacial score (nSPS) is 12.3. The summed E-state index contributed by atoms with van der Waals surface area (Å²) in [6.07, 6.45) is 0.986. The van der Waals surface area contributed by atoms with Gasteiger partial charge in [-0.05, 0) is 25.5 Å². The first-order chi connectivity index (χ1) is 6.67. The predicted molar refractivity (Wildman–Crippen MR) is 56.3 cm³/mol. The standard InChI is InChI=1S/C11H16FNO/c1-4-8(2)13-10-7-9(12)5-6-11(10)14-3/h5-8,13H,4H2,1-3H3. The third-order valence-corrected chi connectivity index (χ3v) is 2.18. The van der Waals surface area contributed by atoms with Gasteiger partial charge in [-0.3, -0.25) is 0 Å². The van der Waals surface area contributed by atoms with Gasteiger partial charge in [-0.1, -0.05) is 6.92 Å². The van der Waals surface area contributed by atoms with Crippen molar-refractivity contribution in [2.45, 2.75) is 26.3 Å². The zero-order valence-electron chi connectivity index (χ0n) is 8.80. The smallest absolute Gasteiger partial charge is 0.142 e. The van der Waals surface area contributed by atoms with Crippen molar-refractivity contribution in [1.82, 2.24) is 0 Å². The number of hydrogen-bond donors (Lipinski definition) is 1. The molecule has 1 rings (SSSR count). The van der Waals surface area contributed by atoms with Gasteiger partial charge in [0.25, 0.3) is 0 Å². The Bertz CT molecular complexity index is 301. The monoisotopic (exact) mass is 197 g/mol. The number of methoxy groups -OCH3 is 1. The van der Waals surface area contributed by atoms with Gasteiger partial charge in [0.05, 0.1) is 12.8 Å².